The van der Waals surface area contributed by atoms with Gasteiger partial charge in [-0.1, -0.05) is 29.3 Å². The van der Waals surface area contributed by atoms with Gasteiger partial charge >= 0.3 is 0 Å². The Morgan fingerprint density at radius 2 is 2.22 bits per heavy atom. The van der Waals surface area contributed by atoms with Crippen molar-refractivity contribution in [2.75, 3.05) is 11.9 Å². The molecule has 0 saturated heterocycles. The number of nitro groups is 1. The average Bonchev–Trinajstić information content (AvgIpc) is 2.28. The zero-order valence-electron chi connectivity index (χ0n) is 10.4. The van der Waals surface area contributed by atoms with E-state index < -0.39 is 0 Å². The van der Waals surface area contributed by atoms with Crippen molar-refractivity contribution in [3.8, 4) is 0 Å². The van der Waals surface area contributed by atoms with Gasteiger partial charge in [0.15, 0.2) is 0 Å². The van der Waals surface area contributed by atoms with E-state index >= 15 is 0 Å². The van der Waals surface area contributed by atoms with Crippen molar-refractivity contribution >= 4 is 27.3 Å². The summed E-state index contributed by atoms with van der Waals surface area (Å²) in [5, 5.41) is 14.2. The lowest BCUT2D eigenvalue weighted by Crippen LogP contribution is -2.35. The summed E-state index contributed by atoms with van der Waals surface area (Å²) in [6.45, 7) is 3.01. The van der Waals surface area contributed by atoms with Crippen molar-refractivity contribution in [3.63, 3.8) is 0 Å². The minimum absolute atomic E-state index is 0.142. The van der Waals surface area contributed by atoms with Gasteiger partial charge in [0.25, 0.3) is 5.69 Å². The van der Waals surface area contributed by atoms with Gasteiger partial charge in [0.2, 0.25) is 0 Å². The molecule has 5 heteroatoms. The zero-order chi connectivity index (χ0) is 13.2. The minimum Gasteiger partial charge on any atom is -0.379 e. The van der Waals surface area contributed by atoms with E-state index in [-0.39, 0.29) is 10.6 Å². The summed E-state index contributed by atoms with van der Waals surface area (Å²) >= 11 is 3.35. The molecule has 4 nitrogen and oxygen atoms in total. The van der Waals surface area contributed by atoms with Gasteiger partial charge in [-0.15, -0.1) is 0 Å². The Balaban J connectivity index is 2.12. The standard InChI is InChI=1S/C13H17BrN2O2/c1-2-13(6-3-7-13)9-15-11-8-10(14)4-5-12(11)16(17)18/h4-5,8,15H,2-3,6-7,9H2,1H3. The number of hydrogen-bond donors (Lipinski definition) is 1. The molecule has 0 aromatic heterocycles. The molecule has 98 valence electrons. The number of rotatable bonds is 5. The van der Waals surface area contributed by atoms with Gasteiger partial charge in [-0.05, 0) is 36.8 Å². The Morgan fingerprint density at radius 3 is 2.72 bits per heavy atom. The molecule has 1 saturated carbocycles. The third kappa shape index (κ3) is 2.66. The van der Waals surface area contributed by atoms with E-state index in [4.69, 9.17) is 0 Å². The molecular weight excluding hydrogens is 296 g/mol. The number of benzene rings is 1. The van der Waals surface area contributed by atoms with Gasteiger partial charge in [-0.3, -0.25) is 10.1 Å². The summed E-state index contributed by atoms with van der Waals surface area (Å²) < 4.78 is 0.856. The van der Waals surface area contributed by atoms with E-state index in [1.165, 1.54) is 25.3 Å². The molecule has 1 N–H and O–H groups in total. The van der Waals surface area contributed by atoms with Gasteiger partial charge < -0.3 is 5.32 Å². The van der Waals surface area contributed by atoms with E-state index in [1.807, 2.05) is 0 Å². The fourth-order valence-corrected chi connectivity index (χ4v) is 2.78. The van der Waals surface area contributed by atoms with Gasteiger partial charge in [-0.25, -0.2) is 0 Å². The van der Waals surface area contributed by atoms with Crippen LogP contribution >= 0.6 is 15.9 Å². The Hall–Kier alpha value is -1.10. The minimum atomic E-state index is -0.339. The lowest BCUT2D eigenvalue weighted by molar-refractivity contribution is -0.384. The van der Waals surface area contributed by atoms with Crippen LogP contribution < -0.4 is 5.32 Å². The van der Waals surface area contributed by atoms with E-state index in [0.717, 1.165) is 17.4 Å². The van der Waals surface area contributed by atoms with E-state index in [0.29, 0.717) is 11.1 Å². The molecular formula is C13H17BrN2O2. The molecule has 0 amide bonds. The van der Waals surface area contributed by atoms with Crippen LogP contribution in [0.2, 0.25) is 0 Å². The third-order valence-electron chi connectivity index (χ3n) is 3.97. The Morgan fingerprint density at radius 1 is 1.50 bits per heavy atom. The predicted octanol–water partition coefficient (Wildman–Crippen LogP) is 4.35. The molecule has 0 bridgehead atoms. The summed E-state index contributed by atoms with van der Waals surface area (Å²) in [5.41, 5.74) is 1.09. The number of halogens is 1. The van der Waals surface area contributed by atoms with Gasteiger partial charge in [0.05, 0.1) is 4.92 Å². The maximum absolute atomic E-state index is 11.0. The summed E-state index contributed by atoms with van der Waals surface area (Å²) in [5.74, 6) is 0. The van der Waals surface area contributed by atoms with Crippen LogP contribution in [0.15, 0.2) is 22.7 Å². The summed E-state index contributed by atoms with van der Waals surface area (Å²) in [6.07, 6.45) is 4.84. The van der Waals surface area contributed by atoms with Gasteiger partial charge in [-0.2, -0.15) is 0 Å². The van der Waals surface area contributed by atoms with Crippen LogP contribution in [0, 0.1) is 15.5 Å². The number of anilines is 1. The highest BCUT2D eigenvalue weighted by Gasteiger charge is 2.35. The molecule has 0 spiro atoms. The van der Waals surface area contributed by atoms with E-state index in [1.54, 1.807) is 12.1 Å². The fourth-order valence-electron chi connectivity index (χ4n) is 2.42. The van der Waals surface area contributed by atoms with Crippen molar-refractivity contribution in [1.29, 1.82) is 0 Å². The van der Waals surface area contributed by atoms with Crippen molar-refractivity contribution < 1.29 is 4.92 Å². The van der Waals surface area contributed by atoms with Crippen molar-refractivity contribution in [2.24, 2.45) is 5.41 Å². The molecule has 1 fully saturated rings. The highest BCUT2D eigenvalue weighted by atomic mass is 79.9. The van der Waals surface area contributed by atoms with Crippen LogP contribution in [0.4, 0.5) is 11.4 Å². The number of nitro benzene ring substituents is 1. The van der Waals surface area contributed by atoms with Crippen LogP contribution in [0.5, 0.6) is 0 Å². The molecule has 1 aliphatic rings. The molecule has 1 aromatic carbocycles. The zero-order valence-corrected chi connectivity index (χ0v) is 12.0. The smallest absolute Gasteiger partial charge is 0.292 e. The highest BCUT2D eigenvalue weighted by molar-refractivity contribution is 9.10. The van der Waals surface area contributed by atoms with E-state index in [2.05, 4.69) is 28.2 Å². The predicted molar refractivity (Wildman–Crippen MR) is 75.9 cm³/mol. The largest absolute Gasteiger partial charge is 0.379 e. The molecule has 0 atom stereocenters. The molecule has 0 unspecified atom stereocenters. The van der Waals surface area contributed by atoms with Gasteiger partial charge in [0.1, 0.15) is 5.69 Å². The van der Waals surface area contributed by atoms with Crippen molar-refractivity contribution in [3.05, 3.63) is 32.8 Å². The molecule has 2 rings (SSSR count). The lowest BCUT2D eigenvalue weighted by atomic mass is 9.67. The molecule has 1 aromatic rings. The second-order valence-electron chi connectivity index (χ2n) is 4.98. The van der Waals surface area contributed by atoms with E-state index in [9.17, 15) is 10.1 Å². The first kappa shape index (κ1) is 13.3. The van der Waals surface area contributed by atoms with Crippen molar-refractivity contribution in [1.82, 2.24) is 0 Å². The molecule has 0 radical (unpaired) electrons. The van der Waals surface area contributed by atoms with Crippen molar-refractivity contribution in [2.45, 2.75) is 32.6 Å². The Kier molecular flexibility index (Phi) is 3.90. The highest BCUT2D eigenvalue weighted by Crippen LogP contribution is 2.44. The quantitative estimate of drug-likeness (QED) is 0.649. The van der Waals surface area contributed by atoms with Crippen LogP contribution in [0.1, 0.15) is 32.6 Å². The average molecular weight is 313 g/mol. The normalized spacial score (nSPS) is 17.0. The first-order valence-electron chi connectivity index (χ1n) is 6.24. The van der Waals surface area contributed by atoms with Crippen LogP contribution in [0.3, 0.4) is 0 Å². The topological polar surface area (TPSA) is 55.2 Å². The SMILES string of the molecule is CCC1(CNc2cc(Br)ccc2[N+](=O)[O-])CCC1. The molecule has 0 heterocycles. The lowest BCUT2D eigenvalue weighted by Gasteiger charge is -2.41. The van der Waals surface area contributed by atoms with Crippen LogP contribution in [-0.2, 0) is 0 Å². The fraction of sp³-hybridized carbons (Fsp3) is 0.538. The second-order valence-corrected chi connectivity index (χ2v) is 5.89. The molecule has 18 heavy (non-hydrogen) atoms. The summed E-state index contributed by atoms with van der Waals surface area (Å²) in [7, 11) is 0. The summed E-state index contributed by atoms with van der Waals surface area (Å²) in [4.78, 5) is 10.6. The Bertz CT molecular complexity index is 453. The summed E-state index contributed by atoms with van der Waals surface area (Å²) in [6, 6.07) is 5.01. The second kappa shape index (κ2) is 5.26. The molecule has 0 aliphatic heterocycles. The molecule has 1 aliphatic carbocycles. The number of nitrogens with zero attached hydrogens (tertiary/aromatic N) is 1. The third-order valence-corrected chi connectivity index (χ3v) is 4.47. The van der Waals surface area contributed by atoms with Crippen LogP contribution in [0.25, 0.3) is 0 Å². The number of hydrogen-bond acceptors (Lipinski definition) is 3. The first-order chi connectivity index (χ1) is 8.56. The Labute approximate surface area is 115 Å². The van der Waals surface area contributed by atoms with Gasteiger partial charge in [0, 0.05) is 17.1 Å². The maximum Gasteiger partial charge on any atom is 0.292 e. The monoisotopic (exact) mass is 312 g/mol. The maximum atomic E-state index is 11.0. The first-order valence-corrected chi connectivity index (χ1v) is 7.03. The van der Waals surface area contributed by atoms with Crippen LogP contribution in [-0.4, -0.2) is 11.5 Å². The number of nitrogens with one attached hydrogen (secondary N) is 1.